The van der Waals surface area contributed by atoms with Crippen LogP contribution in [0.2, 0.25) is 5.02 Å². The Balaban J connectivity index is 2.39. The van der Waals surface area contributed by atoms with Gasteiger partial charge in [-0.25, -0.2) is 0 Å². The van der Waals surface area contributed by atoms with Crippen molar-refractivity contribution in [1.82, 2.24) is 0 Å². The lowest BCUT2D eigenvalue weighted by Gasteiger charge is -2.06. The molecule has 0 heterocycles. The van der Waals surface area contributed by atoms with Crippen LogP contribution >= 0.6 is 23.4 Å². The molecule has 0 aromatic heterocycles. The van der Waals surface area contributed by atoms with Gasteiger partial charge in [0.1, 0.15) is 5.75 Å². The maximum absolute atomic E-state index is 5.84. The van der Waals surface area contributed by atoms with Crippen molar-refractivity contribution in [1.29, 1.82) is 0 Å². The number of ether oxygens (including phenoxy) is 1. The number of hydrogen-bond donors (Lipinski definition) is 1. The van der Waals surface area contributed by atoms with Crippen LogP contribution in [-0.4, -0.2) is 18.1 Å². The molecule has 0 bridgehead atoms. The lowest BCUT2D eigenvalue weighted by Crippen LogP contribution is -2.00. The fourth-order valence-corrected chi connectivity index (χ4v) is 1.62. The minimum Gasteiger partial charge on any atom is -0.493 e. The molecule has 0 radical (unpaired) electrons. The molecule has 0 saturated heterocycles. The minimum absolute atomic E-state index is 0.547. The Morgan fingerprint density at radius 1 is 1.50 bits per heavy atom. The molecule has 0 aliphatic heterocycles. The van der Waals surface area contributed by atoms with Crippen LogP contribution in [0.3, 0.4) is 0 Å². The summed E-state index contributed by atoms with van der Waals surface area (Å²) in [4.78, 5) is 0. The Bertz CT molecular complexity index is 293. The van der Waals surface area contributed by atoms with Gasteiger partial charge in [0.2, 0.25) is 0 Å². The van der Waals surface area contributed by atoms with Crippen molar-refractivity contribution >= 4 is 29.1 Å². The molecule has 0 amide bonds. The van der Waals surface area contributed by atoms with Crippen molar-refractivity contribution in [2.24, 2.45) is 0 Å². The van der Waals surface area contributed by atoms with Crippen LogP contribution in [0, 0.1) is 0 Å². The average molecular weight is 232 g/mol. The van der Waals surface area contributed by atoms with Crippen molar-refractivity contribution in [2.45, 2.75) is 6.92 Å². The maximum Gasteiger partial charge on any atom is 0.120 e. The van der Waals surface area contributed by atoms with Crippen molar-refractivity contribution in [3.63, 3.8) is 0 Å². The fraction of sp³-hybridized carbons (Fsp3) is 0.400. The van der Waals surface area contributed by atoms with E-state index in [-0.39, 0.29) is 0 Å². The van der Waals surface area contributed by atoms with E-state index >= 15 is 0 Å². The summed E-state index contributed by atoms with van der Waals surface area (Å²) in [6, 6.07) is 5.33. The second kappa shape index (κ2) is 6.04. The summed E-state index contributed by atoms with van der Waals surface area (Å²) in [5.41, 5.74) is 6.16. The Hall–Kier alpha value is -0.540. The molecule has 0 fully saturated rings. The molecule has 0 unspecified atom stereocenters. The number of nitrogens with two attached hydrogens (primary N) is 1. The van der Waals surface area contributed by atoms with Gasteiger partial charge >= 0.3 is 0 Å². The van der Waals surface area contributed by atoms with Gasteiger partial charge in [-0.05, 0) is 17.9 Å². The Morgan fingerprint density at radius 3 is 2.93 bits per heavy atom. The second-order valence-electron chi connectivity index (χ2n) is 2.73. The van der Waals surface area contributed by atoms with E-state index in [0.29, 0.717) is 17.3 Å². The first-order chi connectivity index (χ1) is 6.74. The molecular formula is C10H14ClNOS. The van der Waals surface area contributed by atoms with Crippen LogP contribution in [0.4, 0.5) is 5.69 Å². The van der Waals surface area contributed by atoms with Crippen molar-refractivity contribution < 1.29 is 4.74 Å². The minimum atomic E-state index is 0.547. The Kier molecular flexibility index (Phi) is 4.98. The summed E-state index contributed by atoms with van der Waals surface area (Å²) in [6.07, 6.45) is 0. The molecule has 14 heavy (non-hydrogen) atoms. The molecule has 0 spiro atoms. The van der Waals surface area contributed by atoms with Gasteiger partial charge in [-0.1, -0.05) is 18.5 Å². The lowest BCUT2D eigenvalue weighted by molar-refractivity contribution is 0.344. The first-order valence-corrected chi connectivity index (χ1v) is 6.03. The van der Waals surface area contributed by atoms with Gasteiger partial charge in [0.05, 0.1) is 17.3 Å². The predicted molar refractivity (Wildman–Crippen MR) is 64.4 cm³/mol. The van der Waals surface area contributed by atoms with E-state index in [1.54, 1.807) is 12.1 Å². The highest BCUT2D eigenvalue weighted by molar-refractivity contribution is 7.99. The predicted octanol–water partition coefficient (Wildman–Crippen LogP) is 3.05. The lowest BCUT2D eigenvalue weighted by atomic mass is 10.3. The van der Waals surface area contributed by atoms with Gasteiger partial charge in [0.15, 0.2) is 0 Å². The number of rotatable bonds is 5. The first kappa shape index (κ1) is 11.5. The largest absolute Gasteiger partial charge is 0.493 e. The second-order valence-corrected chi connectivity index (χ2v) is 4.53. The van der Waals surface area contributed by atoms with Gasteiger partial charge < -0.3 is 10.5 Å². The molecule has 1 aromatic rings. The Labute approximate surface area is 93.8 Å². The zero-order chi connectivity index (χ0) is 10.4. The van der Waals surface area contributed by atoms with Gasteiger partial charge in [0, 0.05) is 11.8 Å². The van der Waals surface area contributed by atoms with Crippen molar-refractivity contribution in [3.8, 4) is 5.75 Å². The van der Waals surface area contributed by atoms with Crippen molar-refractivity contribution in [2.75, 3.05) is 23.8 Å². The summed E-state index contributed by atoms with van der Waals surface area (Å²) < 4.78 is 5.48. The van der Waals surface area contributed by atoms with E-state index in [1.807, 2.05) is 17.8 Å². The SMILES string of the molecule is CCSCCOc1ccc(N)c(Cl)c1. The van der Waals surface area contributed by atoms with Crippen LogP contribution < -0.4 is 10.5 Å². The summed E-state index contributed by atoms with van der Waals surface area (Å²) in [7, 11) is 0. The molecule has 1 rings (SSSR count). The number of halogens is 1. The standard InChI is InChI=1S/C10H14ClNOS/c1-2-14-6-5-13-8-3-4-10(12)9(11)7-8/h3-4,7H,2,5-6,12H2,1H3. The van der Waals surface area contributed by atoms with Crippen LogP contribution in [-0.2, 0) is 0 Å². The monoisotopic (exact) mass is 231 g/mol. The van der Waals surface area contributed by atoms with Crippen LogP contribution in [0.15, 0.2) is 18.2 Å². The number of benzene rings is 1. The molecule has 0 saturated carbocycles. The van der Waals surface area contributed by atoms with Gasteiger partial charge in [-0.3, -0.25) is 0 Å². The molecule has 2 nitrogen and oxygen atoms in total. The number of nitrogen functional groups attached to an aromatic ring is 1. The summed E-state index contributed by atoms with van der Waals surface area (Å²) in [5.74, 6) is 2.89. The summed E-state index contributed by atoms with van der Waals surface area (Å²) in [6.45, 7) is 2.84. The quantitative estimate of drug-likeness (QED) is 0.625. The van der Waals surface area contributed by atoms with E-state index in [1.165, 1.54) is 0 Å². The molecule has 0 atom stereocenters. The van der Waals surface area contributed by atoms with E-state index in [4.69, 9.17) is 22.1 Å². The molecule has 4 heteroatoms. The molecule has 0 aliphatic carbocycles. The van der Waals surface area contributed by atoms with Crippen LogP contribution in [0.1, 0.15) is 6.92 Å². The highest BCUT2D eigenvalue weighted by atomic mass is 35.5. The van der Waals surface area contributed by atoms with Gasteiger partial charge in [-0.2, -0.15) is 11.8 Å². The molecular weight excluding hydrogens is 218 g/mol. The molecule has 1 aromatic carbocycles. The van der Waals surface area contributed by atoms with Crippen molar-refractivity contribution in [3.05, 3.63) is 23.2 Å². The number of anilines is 1. The molecule has 2 N–H and O–H groups in total. The maximum atomic E-state index is 5.84. The highest BCUT2D eigenvalue weighted by Gasteiger charge is 1.98. The topological polar surface area (TPSA) is 35.2 Å². The summed E-state index contributed by atoms with van der Waals surface area (Å²) >= 11 is 7.70. The fourth-order valence-electron chi connectivity index (χ4n) is 0.960. The smallest absolute Gasteiger partial charge is 0.120 e. The third-order valence-corrected chi connectivity index (χ3v) is 2.86. The molecule has 78 valence electrons. The number of hydrogen-bond acceptors (Lipinski definition) is 3. The van der Waals surface area contributed by atoms with E-state index < -0.39 is 0 Å². The van der Waals surface area contributed by atoms with E-state index in [0.717, 1.165) is 17.3 Å². The zero-order valence-corrected chi connectivity index (χ0v) is 9.70. The normalized spacial score (nSPS) is 10.1. The third-order valence-electron chi connectivity index (χ3n) is 1.67. The highest BCUT2D eigenvalue weighted by Crippen LogP contribution is 2.24. The van der Waals surface area contributed by atoms with Crippen LogP contribution in [0.25, 0.3) is 0 Å². The number of thioether (sulfide) groups is 1. The Morgan fingerprint density at radius 2 is 2.29 bits per heavy atom. The summed E-state index contributed by atoms with van der Waals surface area (Å²) in [5, 5.41) is 0.547. The van der Waals surface area contributed by atoms with Gasteiger partial charge in [0.25, 0.3) is 0 Å². The third kappa shape index (κ3) is 3.68. The van der Waals surface area contributed by atoms with Gasteiger partial charge in [-0.15, -0.1) is 0 Å². The van der Waals surface area contributed by atoms with E-state index in [2.05, 4.69) is 6.92 Å². The van der Waals surface area contributed by atoms with E-state index in [9.17, 15) is 0 Å². The zero-order valence-electron chi connectivity index (χ0n) is 8.13. The van der Waals surface area contributed by atoms with Crippen LogP contribution in [0.5, 0.6) is 5.75 Å². The molecule has 0 aliphatic rings. The first-order valence-electron chi connectivity index (χ1n) is 4.49. The average Bonchev–Trinajstić information content (AvgIpc) is 2.18.